The zero-order valence-corrected chi connectivity index (χ0v) is 13.3. The van der Waals surface area contributed by atoms with E-state index in [-0.39, 0.29) is 11.7 Å². The van der Waals surface area contributed by atoms with Crippen molar-refractivity contribution in [2.24, 2.45) is 0 Å². The van der Waals surface area contributed by atoms with Crippen LogP contribution in [0.1, 0.15) is 41.4 Å². The van der Waals surface area contributed by atoms with E-state index < -0.39 is 0 Å². The second kappa shape index (κ2) is 7.07. The first-order chi connectivity index (χ1) is 10.5. The number of hydrogen-bond acceptors (Lipinski definition) is 3. The fourth-order valence-corrected chi connectivity index (χ4v) is 2.22. The molecule has 2 aromatic rings. The van der Waals surface area contributed by atoms with Crippen LogP contribution in [-0.4, -0.2) is 34.5 Å². The smallest absolute Gasteiger partial charge is 0.257 e. The molecule has 1 N–H and O–H groups in total. The van der Waals surface area contributed by atoms with Crippen LogP contribution >= 0.6 is 0 Å². The molecule has 4 heteroatoms. The van der Waals surface area contributed by atoms with Gasteiger partial charge in [-0.2, -0.15) is 0 Å². The van der Waals surface area contributed by atoms with Gasteiger partial charge in [0.2, 0.25) is 0 Å². The van der Waals surface area contributed by atoms with Gasteiger partial charge in [0, 0.05) is 31.9 Å². The van der Waals surface area contributed by atoms with Crippen LogP contribution in [0.2, 0.25) is 0 Å². The lowest BCUT2D eigenvalue weighted by molar-refractivity contribution is 0.0793. The van der Waals surface area contributed by atoms with E-state index in [0.29, 0.717) is 24.4 Å². The Hall–Kier alpha value is -2.36. The number of hydrogen-bond donors (Lipinski definition) is 1. The summed E-state index contributed by atoms with van der Waals surface area (Å²) in [6, 6.07) is 11.0. The van der Waals surface area contributed by atoms with Crippen LogP contribution in [0, 0.1) is 0 Å². The third-order valence-electron chi connectivity index (χ3n) is 3.70. The molecule has 0 unspecified atom stereocenters. The minimum atomic E-state index is -0.177. The predicted molar refractivity (Wildman–Crippen MR) is 87.1 cm³/mol. The van der Waals surface area contributed by atoms with Crippen LogP contribution in [0.15, 0.2) is 42.6 Å². The highest BCUT2D eigenvalue weighted by atomic mass is 16.3. The van der Waals surface area contributed by atoms with Gasteiger partial charge >= 0.3 is 0 Å². The average molecular weight is 298 g/mol. The SMILES string of the molecule is CC(C)c1ccc(C(=O)N(C)CCc2ccccn2)c(O)c1. The van der Waals surface area contributed by atoms with Crippen molar-refractivity contribution in [3.63, 3.8) is 0 Å². The third kappa shape index (κ3) is 3.85. The summed E-state index contributed by atoms with van der Waals surface area (Å²) in [5, 5.41) is 10.1. The molecule has 0 saturated heterocycles. The molecule has 1 heterocycles. The lowest BCUT2D eigenvalue weighted by Gasteiger charge is -2.18. The first kappa shape index (κ1) is 16.0. The fraction of sp³-hybridized carbons (Fsp3) is 0.333. The Morgan fingerprint density at radius 1 is 1.27 bits per heavy atom. The number of carbonyl (C=O) groups is 1. The number of benzene rings is 1. The fourth-order valence-electron chi connectivity index (χ4n) is 2.22. The summed E-state index contributed by atoms with van der Waals surface area (Å²) in [4.78, 5) is 18.3. The van der Waals surface area contributed by atoms with E-state index in [4.69, 9.17) is 0 Å². The summed E-state index contributed by atoms with van der Waals surface area (Å²) in [5.41, 5.74) is 2.31. The van der Waals surface area contributed by atoms with Gasteiger partial charge in [0.05, 0.1) is 5.56 Å². The highest BCUT2D eigenvalue weighted by molar-refractivity contribution is 5.96. The number of rotatable bonds is 5. The minimum Gasteiger partial charge on any atom is -0.507 e. The molecule has 2 rings (SSSR count). The van der Waals surface area contributed by atoms with Crippen LogP contribution in [0.3, 0.4) is 0 Å². The maximum Gasteiger partial charge on any atom is 0.257 e. The van der Waals surface area contributed by atoms with Crippen molar-refractivity contribution in [3.05, 3.63) is 59.4 Å². The van der Waals surface area contributed by atoms with Gasteiger partial charge in [-0.05, 0) is 35.7 Å². The van der Waals surface area contributed by atoms with Gasteiger partial charge < -0.3 is 10.0 Å². The lowest BCUT2D eigenvalue weighted by Crippen LogP contribution is -2.29. The largest absolute Gasteiger partial charge is 0.507 e. The quantitative estimate of drug-likeness (QED) is 0.922. The van der Waals surface area contributed by atoms with Crippen LogP contribution in [0.4, 0.5) is 0 Å². The molecule has 116 valence electrons. The van der Waals surface area contributed by atoms with Gasteiger partial charge in [-0.25, -0.2) is 0 Å². The summed E-state index contributed by atoms with van der Waals surface area (Å²) in [5.74, 6) is 0.182. The number of phenols is 1. The second-order valence-corrected chi connectivity index (χ2v) is 5.73. The van der Waals surface area contributed by atoms with Gasteiger partial charge in [-0.1, -0.05) is 26.0 Å². The highest BCUT2D eigenvalue weighted by Gasteiger charge is 2.16. The molecule has 0 aliphatic rings. The molecule has 1 aromatic carbocycles. The molecule has 0 atom stereocenters. The lowest BCUT2D eigenvalue weighted by atomic mass is 10.0. The van der Waals surface area contributed by atoms with E-state index in [1.807, 2.05) is 24.3 Å². The first-order valence-electron chi connectivity index (χ1n) is 7.47. The molecule has 0 aliphatic heterocycles. The van der Waals surface area contributed by atoms with Crippen molar-refractivity contribution in [1.29, 1.82) is 0 Å². The minimum absolute atomic E-state index is 0.0425. The van der Waals surface area contributed by atoms with Crippen LogP contribution < -0.4 is 0 Å². The number of phenolic OH excluding ortho intramolecular Hbond substituents is 1. The van der Waals surface area contributed by atoms with Crippen molar-refractivity contribution in [3.8, 4) is 5.75 Å². The van der Waals surface area contributed by atoms with E-state index >= 15 is 0 Å². The van der Waals surface area contributed by atoms with Gasteiger partial charge in [-0.15, -0.1) is 0 Å². The highest BCUT2D eigenvalue weighted by Crippen LogP contribution is 2.24. The zero-order valence-electron chi connectivity index (χ0n) is 13.3. The summed E-state index contributed by atoms with van der Waals surface area (Å²) in [6.07, 6.45) is 2.43. The second-order valence-electron chi connectivity index (χ2n) is 5.73. The molecule has 0 fully saturated rings. The molecule has 0 spiro atoms. The van der Waals surface area contributed by atoms with Crippen molar-refractivity contribution in [2.45, 2.75) is 26.2 Å². The third-order valence-corrected chi connectivity index (χ3v) is 3.70. The number of amides is 1. The summed E-state index contributed by atoms with van der Waals surface area (Å²) in [6.45, 7) is 4.66. The molecular formula is C18H22N2O2. The Labute approximate surface area is 131 Å². The molecular weight excluding hydrogens is 276 g/mol. The van der Waals surface area contributed by atoms with E-state index in [1.54, 1.807) is 30.3 Å². The monoisotopic (exact) mass is 298 g/mol. The van der Waals surface area contributed by atoms with Gasteiger partial charge in [0.15, 0.2) is 0 Å². The van der Waals surface area contributed by atoms with Gasteiger partial charge in [0.25, 0.3) is 5.91 Å². The first-order valence-corrected chi connectivity index (χ1v) is 7.47. The van der Waals surface area contributed by atoms with E-state index in [1.165, 1.54) is 0 Å². The normalized spacial score (nSPS) is 10.7. The number of aromatic nitrogens is 1. The van der Waals surface area contributed by atoms with Gasteiger partial charge in [0.1, 0.15) is 5.75 Å². The number of aromatic hydroxyl groups is 1. The Bertz CT molecular complexity index is 639. The van der Waals surface area contributed by atoms with Crippen LogP contribution in [0.25, 0.3) is 0 Å². The number of pyridine rings is 1. The molecule has 0 saturated carbocycles. The molecule has 22 heavy (non-hydrogen) atoms. The number of likely N-dealkylation sites (N-methyl/N-ethyl adjacent to an activating group) is 1. The van der Waals surface area contributed by atoms with E-state index in [2.05, 4.69) is 18.8 Å². The Morgan fingerprint density at radius 2 is 2.05 bits per heavy atom. The van der Waals surface area contributed by atoms with Crippen molar-refractivity contribution >= 4 is 5.91 Å². The molecule has 0 aliphatic carbocycles. The van der Waals surface area contributed by atoms with Crippen LogP contribution in [-0.2, 0) is 6.42 Å². The van der Waals surface area contributed by atoms with Crippen molar-refractivity contribution in [2.75, 3.05) is 13.6 Å². The summed E-state index contributed by atoms with van der Waals surface area (Å²) in [7, 11) is 1.74. The molecule has 1 amide bonds. The summed E-state index contributed by atoms with van der Waals surface area (Å²) >= 11 is 0. The summed E-state index contributed by atoms with van der Waals surface area (Å²) < 4.78 is 0. The molecule has 0 radical (unpaired) electrons. The average Bonchev–Trinajstić information content (AvgIpc) is 2.52. The van der Waals surface area contributed by atoms with E-state index in [9.17, 15) is 9.90 Å². The molecule has 0 bridgehead atoms. The zero-order chi connectivity index (χ0) is 16.1. The van der Waals surface area contributed by atoms with Crippen molar-refractivity contribution < 1.29 is 9.90 Å². The van der Waals surface area contributed by atoms with E-state index in [0.717, 1.165) is 11.3 Å². The predicted octanol–water partition coefficient (Wildman–Crippen LogP) is 3.23. The van der Waals surface area contributed by atoms with Crippen LogP contribution in [0.5, 0.6) is 5.75 Å². The Morgan fingerprint density at radius 3 is 2.64 bits per heavy atom. The van der Waals surface area contributed by atoms with Crippen molar-refractivity contribution in [1.82, 2.24) is 9.88 Å². The molecule has 4 nitrogen and oxygen atoms in total. The standard InChI is InChI=1S/C18H22N2O2/c1-13(2)14-7-8-16(17(21)12-14)18(22)20(3)11-9-15-6-4-5-10-19-15/h4-8,10,12-13,21H,9,11H2,1-3H3. The maximum absolute atomic E-state index is 12.4. The Balaban J connectivity index is 2.04. The van der Waals surface area contributed by atoms with Gasteiger partial charge in [-0.3, -0.25) is 9.78 Å². The maximum atomic E-state index is 12.4. The topological polar surface area (TPSA) is 53.4 Å². The Kier molecular flexibility index (Phi) is 5.15. The number of nitrogens with zero attached hydrogens (tertiary/aromatic N) is 2. The molecule has 1 aromatic heterocycles. The number of carbonyl (C=O) groups excluding carboxylic acids is 1.